The molecule has 2 aromatic rings. The van der Waals surface area contributed by atoms with Gasteiger partial charge in [-0.25, -0.2) is 4.98 Å². The molecule has 1 aliphatic rings. The molecule has 1 saturated heterocycles. The average molecular weight is 333 g/mol. The van der Waals surface area contributed by atoms with Crippen molar-refractivity contribution in [3.63, 3.8) is 0 Å². The van der Waals surface area contributed by atoms with Crippen molar-refractivity contribution < 1.29 is 9.53 Å². The van der Waals surface area contributed by atoms with Crippen LogP contribution in [-0.4, -0.2) is 83.4 Å². The van der Waals surface area contributed by atoms with Gasteiger partial charge in [0, 0.05) is 51.6 Å². The van der Waals surface area contributed by atoms with Crippen LogP contribution in [0.15, 0.2) is 12.4 Å². The number of aryl methyl sites for hydroxylation is 1. The Morgan fingerprint density at radius 3 is 2.88 bits per heavy atom. The highest BCUT2D eigenvalue weighted by atomic mass is 16.5. The minimum Gasteiger partial charge on any atom is -0.383 e. The quantitative estimate of drug-likeness (QED) is 0.701. The lowest BCUT2D eigenvalue weighted by Gasteiger charge is -2.35. The molecule has 9 heteroatoms. The Morgan fingerprint density at radius 1 is 1.33 bits per heavy atom. The number of hydrogen-bond donors (Lipinski definition) is 1. The van der Waals surface area contributed by atoms with Crippen molar-refractivity contribution in [3.8, 4) is 0 Å². The maximum Gasteiger partial charge on any atom is 0.254 e. The monoisotopic (exact) mass is 333 g/mol. The highest BCUT2D eigenvalue weighted by Crippen LogP contribution is 2.17. The van der Waals surface area contributed by atoms with Crippen LogP contribution >= 0.6 is 0 Å². The first-order valence-corrected chi connectivity index (χ1v) is 8.07. The fourth-order valence-corrected chi connectivity index (χ4v) is 2.82. The molecule has 3 rings (SSSR count). The van der Waals surface area contributed by atoms with E-state index in [1.54, 1.807) is 11.6 Å². The number of fused-ring (bicyclic) bond motifs is 1. The largest absolute Gasteiger partial charge is 0.383 e. The van der Waals surface area contributed by atoms with Crippen LogP contribution in [0.1, 0.15) is 5.69 Å². The van der Waals surface area contributed by atoms with Gasteiger partial charge in [-0.1, -0.05) is 0 Å². The van der Waals surface area contributed by atoms with E-state index < -0.39 is 0 Å². The fourth-order valence-electron chi connectivity index (χ4n) is 2.82. The summed E-state index contributed by atoms with van der Waals surface area (Å²) < 4.78 is 6.69. The molecule has 24 heavy (non-hydrogen) atoms. The zero-order chi connectivity index (χ0) is 16.9. The Hall–Kier alpha value is -2.26. The summed E-state index contributed by atoms with van der Waals surface area (Å²) in [5, 5.41) is 7.11. The number of hydrogen-bond acceptors (Lipinski definition) is 7. The number of carbonyl (C=O) groups is 1. The SMILES string of the molecule is COCCNC(=O)CN1CCN(c2cc(C)nc3ncnn23)CC1. The van der Waals surface area contributed by atoms with Crippen LogP contribution in [0, 0.1) is 6.92 Å². The lowest BCUT2D eigenvalue weighted by molar-refractivity contribution is -0.122. The standard InChI is InChI=1S/C15H23N7O2/c1-12-9-14(22-15(19-12)17-11-18-22)21-6-4-20(5-7-21)10-13(23)16-3-8-24-2/h9,11H,3-8,10H2,1-2H3,(H,16,23). The van der Waals surface area contributed by atoms with Gasteiger partial charge in [0.1, 0.15) is 12.1 Å². The molecule has 1 N–H and O–H groups in total. The number of methoxy groups -OCH3 is 1. The predicted molar refractivity (Wildman–Crippen MR) is 89.1 cm³/mol. The summed E-state index contributed by atoms with van der Waals surface area (Å²) in [4.78, 5) is 24.8. The molecule has 1 aliphatic heterocycles. The van der Waals surface area contributed by atoms with E-state index in [0.717, 1.165) is 37.7 Å². The van der Waals surface area contributed by atoms with Gasteiger partial charge < -0.3 is 15.0 Å². The van der Waals surface area contributed by atoms with E-state index in [1.165, 1.54) is 6.33 Å². The molecule has 130 valence electrons. The van der Waals surface area contributed by atoms with Crippen LogP contribution in [-0.2, 0) is 9.53 Å². The molecule has 0 bridgehead atoms. The van der Waals surface area contributed by atoms with Gasteiger partial charge in [0.15, 0.2) is 0 Å². The van der Waals surface area contributed by atoms with Crippen LogP contribution in [0.4, 0.5) is 5.82 Å². The number of nitrogens with one attached hydrogen (secondary N) is 1. The van der Waals surface area contributed by atoms with Crippen molar-refractivity contribution in [2.45, 2.75) is 6.92 Å². The van der Waals surface area contributed by atoms with Gasteiger partial charge in [0.25, 0.3) is 5.78 Å². The van der Waals surface area contributed by atoms with Gasteiger partial charge in [-0.2, -0.15) is 14.6 Å². The molecular formula is C15H23N7O2. The van der Waals surface area contributed by atoms with E-state index in [4.69, 9.17) is 4.74 Å². The topological polar surface area (TPSA) is 87.9 Å². The summed E-state index contributed by atoms with van der Waals surface area (Å²) in [5.74, 6) is 1.66. The number of amides is 1. The van der Waals surface area contributed by atoms with E-state index in [0.29, 0.717) is 25.5 Å². The van der Waals surface area contributed by atoms with Crippen LogP contribution in [0.2, 0.25) is 0 Å². The van der Waals surface area contributed by atoms with Crippen LogP contribution < -0.4 is 10.2 Å². The molecule has 0 aliphatic carbocycles. The van der Waals surface area contributed by atoms with E-state index in [9.17, 15) is 4.79 Å². The van der Waals surface area contributed by atoms with Crippen molar-refractivity contribution in [2.24, 2.45) is 0 Å². The van der Waals surface area contributed by atoms with E-state index in [1.807, 2.05) is 13.0 Å². The fraction of sp³-hybridized carbons (Fsp3) is 0.600. The second kappa shape index (κ2) is 7.54. The minimum absolute atomic E-state index is 0.0407. The van der Waals surface area contributed by atoms with Crippen molar-refractivity contribution >= 4 is 17.5 Å². The number of anilines is 1. The summed E-state index contributed by atoms with van der Waals surface area (Å²) in [7, 11) is 1.62. The van der Waals surface area contributed by atoms with Crippen molar-refractivity contribution in [2.75, 3.05) is 57.9 Å². The smallest absolute Gasteiger partial charge is 0.254 e. The summed E-state index contributed by atoms with van der Waals surface area (Å²) >= 11 is 0. The zero-order valence-corrected chi connectivity index (χ0v) is 14.1. The minimum atomic E-state index is 0.0407. The number of carbonyl (C=O) groups excluding carboxylic acids is 1. The van der Waals surface area contributed by atoms with Gasteiger partial charge in [-0.05, 0) is 6.92 Å². The molecule has 3 heterocycles. The number of rotatable bonds is 6. The van der Waals surface area contributed by atoms with Gasteiger partial charge >= 0.3 is 0 Å². The van der Waals surface area contributed by atoms with Crippen LogP contribution in [0.5, 0.6) is 0 Å². The molecule has 0 radical (unpaired) electrons. The first-order valence-electron chi connectivity index (χ1n) is 8.07. The van der Waals surface area contributed by atoms with Gasteiger partial charge in [-0.3, -0.25) is 9.69 Å². The van der Waals surface area contributed by atoms with Gasteiger partial charge in [-0.15, -0.1) is 0 Å². The third-order valence-corrected chi connectivity index (χ3v) is 4.05. The molecular weight excluding hydrogens is 310 g/mol. The highest BCUT2D eigenvalue weighted by molar-refractivity contribution is 5.78. The van der Waals surface area contributed by atoms with E-state index in [-0.39, 0.29) is 5.91 Å². The summed E-state index contributed by atoms with van der Waals surface area (Å²) in [6.45, 7) is 6.80. The van der Waals surface area contributed by atoms with Crippen molar-refractivity contribution in [1.29, 1.82) is 0 Å². The Bertz CT molecular complexity index is 694. The third kappa shape index (κ3) is 3.80. The lowest BCUT2D eigenvalue weighted by atomic mass is 10.3. The van der Waals surface area contributed by atoms with Gasteiger partial charge in [0.05, 0.1) is 13.2 Å². The van der Waals surface area contributed by atoms with E-state index >= 15 is 0 Å². The normalized spacial score (nSPS) is 15.8. The second-order valence-corrected chi connectivity index (χ2v) is 5.83. The predicted octanol–water partition coefficient (Wildman–Crippen LogP) is -0.683. The van der Waals surface area contributed by atoms with E-state index in [2.05, 4.69) is 30.2 Å². The first-order chi connectivity index (χ1) is 11.7. The molecule has 2 aromatic heterocycles. The summed E-state index contributed by atoms with van der Waals surface area (Å²) in [5.41, 5.74) is 0.922. The average Bonchev–Trinajstić information content (AvgIpc) is 3.03. The molecule has 1 amide bonds. The maximum absolute atomic E-state index is 11.9. The number of ether oxygens (including phenoxy) is 1. The maximum atomic E-state index is 11.9. The summed E-state index contributed by atoms with van der Waals surface area (Å²) in [6, 6.07) is 2.02. The van der Waals surface area contributed by atoms with Crippen molar-refractivity contribution in [3.05, 3.63) is 18.1 Å². The third-order valence-electron chi connectivity index (χ3n) is 4.05. The Morgan fingerprint density at radius 2 is 2.12 bits per heavy atom. The Balaban J connectivity index is 1.57. The lowest BCUT2D eigenvalue weighted by Crippen LogP contribution is -2.50. The summed E-state index contributed by atoms with van der Waals surface area (Å²) in [6.07, 6.45) is 1.52. The first kappa shape index (κ1) is 16.6. The van der Waals surface area contributed by atoms with Crippen molar-refractivity contribution in [1.82, 2.24) is 29.8 Å². The zero-order valence-electron chi connectivity index (χ0n) is 14.1. The Labute approximate surface area is 140 Å². The molecule has 0 spiro atoms. The molecule has 0 saturated carbocycles. The number of nitrogens with zero attached hydrogens (tertiary/aromatic N) is 6. The number of aromatic nitrogens is 4. The molecule has 0 aromatic carbocycles. The molecule has 9 nitrogen and oxygen atoms in total. The van der Waals surface area contributed by atoms with Crippen LogP contribution in [0.3, 0.4) is 0 Å². The molecule has 0 atom stereocenters. The molecule has 1 fully saturated rings. The Kier molecular flexibility index (Phi) is 5.21. The second-order valence-electron chi connectivity index (χ2n) is 5.83. The van der Waals surface area contributed by atoms with Gasteiger partial charge in [0.2, 0.25) is 5.91 Å². The highest BCUT2D eigenvalue weighted by Gasteiger charge is 2.21. The van der Waals surface area contributed by atoms with Crippen LogP contribution in [0.25, 0.3) is 5.78 Å². The molecule has 0 unspecified atom stereocenters. The number of piperazine rings is 1.